The molecule has 1 unspecified atom stereocenters. The fraction of sp³-hybridized carbons (Fsp3) is 0.538. The van der Waals surface area contributed by atoms with Gasteiger partial charge in [-0.05, 0) is 31.7 Å². The lowest BCUT2D eigenvalue weighted by molar-refractivity contribution is 0.159. The zero-order valence-corrected chi connectivity index (χ0v) is 12.1. The van der Waals surface area contributed by atoms with Gasteiger partial charge < -0.3 is 10.0 Å². The number of benzene rings is 1. The van der Waals surface area contributed by atoms with E-state index < -0.39 is 10.0 Å². The first-order valence-corrected chi connectivity index (χ1v) is 7.79. The number of aliphatic hydroxyl groups excluding tert-OH is 1. The summed E-state index contributed by atoms with van der Waals surface area (Å²) in [5.74, 6) is 0. The van der Waals surface area contributed by atoms with Crippen LogP contribution in [-0.4, -0.2) is 55.5 Å². The molecule has 0 radical (unpaired) electrons. The van der Waals surface area contributed by atoms with Crippen molar-refractivity contribution in [2.24, 2.45) is 0 Å². The van der Waals surface area contributed by atoms with Crippen molar-refractivity contribution in [1.82, 2.24) is 9.21 Å². The van der Waals surface area contributed by atoms with Crippen molar-refractivity contribution in [3.63, 3.8) is 0 Å². The van der Waals surface area contributed by atoms with Crippen molar-refractivity contribution in [2.45, 2.75) is 24.5 Å². The second-order valence-electron chi connectivity index (χ2n) is 4.99. The molecule has 6 heteroatoms. The zero-order valence-electron chi connectivity index (χ0n) is 11.3. The molecular formula is C13H20N2O3S. The summed E-state index contributed by atoms with van der Waals surface area (Å²) in [6.07, 6.45) is 0. The van der Waals surface area contributed by atoms with Gasteiger partial charge >= 0.3 is 0 Å². The maximum atomic E-state index is 12.5. The van der Waals surface area contributed by atoms with Crippen LogP contribution in [0.3, 0.4) is 0 Å². The van der Waals surface area contributed by atoms with E-state index in [1.807, 2.05) is 14.0 Å². The molecule has 0 spiro atoms. The summed E-state index contributed by atoms with van der Waals surface area (Å²) in [5.41, 5.74) is 0.714. The quantitative estimate of drug-likeness (QED) is 0.878. The van der Waals surface area contributed by atoms with E-state index in [9.17, 15) is 8.42 Å². The summed E-state index contributed by atoms with van der Waals surface area (Å²) in [4.78, 5) is 2.45. The van der Waals surface area contributed by atoms with Gasteiger partial charge in [0.1, 0.15) is 0 Å². The minimum Gasteiger partial charge on any atom is -0.392 e. The zero-order chi connectivity index (χ0) is 14.0. The molecule has 106 valence electrons. The number of rotatable bonds is 3. The first kappa shape index (κ1) is 14.5. The number of hydrogen-bond donors (Lipinski definition) is 1. The Morgan fingerprint density at radius 2 is 1.89 bits per heavy atom. The van der Waals surface area contributed by atoms with Crippen LogP contribution in [0.1, 0.15) is 12.5 Å². The Bertz CT molecular complexity index is 527. The highest BCUT2D eigenvalue weighted by Gasteiger charge is 2.30. The van der Waals surface area contributed by atoms with Crippen LogP contribution in [0.4, 0.5) is 0 Å². The molecule has 1 aromatic rings. The third-order valence-electron chi connectivity index (χ3n) is 3.67. The van der Waals surface area contributed by atoms with Crippen molar-refractivity contribution in [1.29, 1.82) is 0 Å². The highest BCUT2D eigenvalue weighted by atomic mass is 32.2. The summed E-state index contributed by atoms with van der Waals surface area (Å²) in [6.45, 7) is 3.73. The molecule has 1 atom stereocenters. The van der Waals surface area contributed by atoms with Crippen molar-refractivity contribution < 1.29 is 13.5 Å². The number of nitrogens with zero attached hydrogens (tertiary/aromatic N) is 2. The van der Waals surface area contributed by atoms with Gasteiger partial charge in [0, 0.05) is 25.7 Å². The Balaban J connectivity index is 2.21. The van der Waals surface area contributed by atoms with Crippen LogP contribution in [-0.2, 0) is 16.6 Å². The number of hydrogen-bond acceptors (Lipinski definition) is 4. The van der Waals surface area contributed by atoms with Gasteiger partial charge in [-0.15, -0.1) is 0 Å². The van der Waals surface area contributed by atoms with Gasteiger partial charge in [-0.25, -0.2) is 8.42 Å². The Labute approximate surface area is 114 Å². The summed E-state index contributed by atoms with van der Waals surface area (Å²) in [6, 6.07) is 6.63. The molecule has 2 rings (SSSR count). The summed E-state index contributed by atoms with van der Waals surface area (Å²) >= 11 is 0. The summed E-state index contributed by atoms with van der Waals surface area (Å²) < 4.78 is 26.5. The number of likely N-dealkylation sites (N-methyl/N-ethyl adjacent to an activating group) is 1. The molecule has 0 amide bonds. The van der Waals surface area contributed by atoms with Gasteiger partial charge in [0.05, 0.1) is 11.5 Å². The Morgan fingerprint density at radius 1 is 1.26 bits per heavy atom. The van der Waals surface area contributed by atoms with E-state index in [1.54, 1.807) is 24.3 Å². The second kappa shape index (κ2) is 5.58. The average Bonchev–Trinajstić information content (AvgIpc) is 2.41. The smallest absolute Gasteiger partial charge is 0.243 e. The average molecular weight is 284 g/mol. The molecule has 0 saturated carbocycles. The normalized spacial score (nSPS) is 22.6. The molecule has 0 aliphatic carbocycles. The van der Waals surface area contributed by atoms with Gasteiger partial charge in [-0.3, -0.25) is 0 Å². The van der Waals surface area contributed by atoms with Gasteiger partial charge in [0.25, 0.3) is 0 Å². The summed E-state index contributed by atoms with van der Waals surface area (Å²) in [5, 5.41) is 8.98. The van der Waals surface area contributed by atoms with Crippen molar-refractivity contribution >= 4 is 10.0 Å². The van der Waals surface area contributed by atoms with Crippen LogP contribution in [0, 0.1) is 0 Å². The van der Waals surface area contributed by atoms with E-state index in [0.29, 0.717) is 23.5 Å². The minimum atomic E-state index is -3.42. The molecule has 0 aromatic heterocycles. The molecule has 1 N–H and O–H groups in total. The fourth-order valence-corrected chi connectivity index (χ4v) is 3.66. The van der Waals surface area contributed by atoms with Gasteiger partial charge in [0.2, 0.25) is 10.0 Å². The van der Waals surface area contributed by atoms with Gasteiger partial charge in [0.15, 0.2) is 0 Å². The predicted molar refractivity (Wildman–Crippen MR) is 73.2 cm³/mol. The largest absolute Gasteiger partial charge is 0.392 e. The van der Waals surface area contributed by atoms with E-state index in [2.05, 4.69) is 4.90 Å². The highest BCUT2D eigenvalue weighted by Crippen LogP contribution is 2.19. The molecule has 1 aliphatic heterocycles. The Hall–Kier alpha value is -0.950. The van der Waals surface area contributed by atoms with Gasteiger partial charge in [-0.2, -0.15) is 4.31 Å². The predicted octanol–water partition coefficient (Wildman–Crippen LogP) is 0.504. The lowest BCUT2D eigenvalue weighted by Gasteiger charge is -2.36. The van der Waals surface area contributed by atoms with Crippen LogP contribution in [0.25, 0.3) is 0 Å². The molecule has 1 aliphatic rings. The maximum absolute atomic E-state index is 12.5. The van der Waals surface area contributed by atoms with E-state index >= 15 is 0 Å². The third-order valence-corrected chi connectivity index (χ3v) is 5.55. The molecule has 0 bridgehead atoms. The van der Waals surface area contributed by atoms with Crippen LogP contribution >= 0.6 is 0 Å². The molecule has 1 saturated heterocycles. The lowest BCUT2D eigenvalue weighted by atomic mass is 10.2. The summed E-state index contributed by atoms with van der Waals surface area (Å²) in [7, 11) is -1.41. The number of piperazine rings is 1. The van der Waals surface area contributed by atoms with Crippen molar-refractivity contribution in [2.75, 3.05) is 26.7 Å². The molecule has 19 heavy (non-hydrogen) atoms. The lowest BCUT2D eigenvalue weighted by Crippen LogP contribution is -2.51. The molecule has 1 aromatic carbocycles. The van der Waals surface area contributed by atoms with E-state index in [-0.39, 0.29) is 12.6 Å². The number of aliphatic hydroxyl groups is 1. The molecule has 5 nitrogen and oxygen atoms in total. The standard InChI is InChI=1S/C13H20N2O3S/c1-11-9-15(8-7-14(11)2)19(17,18)13-5-3-12(10-16)4-6-13/h3-6,11,16H,7-10H2,1-2H3. The maximum Gasteiger partial charge on any atom is 0.243 e. The van der Waals surface area contributed by atoms with Crippen LogP contribution in [0.5, 0.6) is 0 Å². The number of sulfonamides is 1. The highest BCUT2D eigenvalue weighted by molar-refractivity contribution is 7.89. The third kappa shape index (κ3) is 2.97. The minimum absolute atomic E-state index is 0.0775. The van der Waals surface area contributed by atoms with E-state index in [4.69, 9.17) is 5.11 Å². The molecule has 1 fully saturated rings. The monoisotopic (exact) mass is 284 g/mol. The van der Waals surface area contributed by atoms with Crippen molar-refractivity contribution in [3.8, 4) is 0 Å². The van der Waals surface area contributed by atoms with Crippen LogP contribution < -0.4 is 0 Å². The van der Waals surface area contributed by atoms with E-state index in [1.165, 1.54) is 4.31 Å². The first-order valence-electron chi connectivity index (χ1n) is 6.35. The van der Waals surface area contributed by atoms with Crippen LogP contribution in [0.15, 0.2) is 29.2 Å². The van der Waals surface area contributed by atoms with Crippen molar-refractivity contribution in [3.05, 3.63) is 29.8 Å². The van der Waals surface area contributed by atoms with E-state index in [0.717, 1.165) is 6.54 Å². The second-order valence-corrected chi connectivity index (χ2v) is 6.93. The molecule has 1 heterocycles. The fourth-order valence-electron chi connectivity index (χ4n) is 2.15. The van der Waals surface area contributed by atoms with Gasteiger partial charge in [-0.1, -0.05) is 12.1 Å². The SMILES string of the molecule is CC1CN(S(=O)(=O)c2ccc(CO)cc2)CCN1C. The van der Waals surface area contributed by atoms with Crippen LogP contribution in [0.2, 0.25) is 0 Å². The Morgan fingerprint density at radius 3 is 2.42 bits per heavy atom. The molecular weight excluding hydrogens is 264 g/mol. The first-order chi connectivity index (χ1) is 8.95. The topological polar surface area (TPSA) is 60.9 Å². The Kier molecular flexibility index (Phi) is 4.25.